The molecule has 0 bridgehead atoms. The van der Waals surface area contributed by atoms with E-state index in [0.717, 1.165) is 5.82 Å². The van der Waals surface area contributed by atoms with Gasteiger partial charge in [-0.2, -0.15) is 9.97 Å². The van der Waals surface area contributed by atoms with Gasteiger partial charge in [0.15, 0.2) is 5.82 Å². The lowest BCUT2D eigenvalue weighted by Crippen LogP contribution is -2.17. The lowest BCUT2D eigenvalue weighted by Gasteiger charge is -2.19. The quantitative estimate of drug-likeness (QED) is 0.838. The predicted molar refractivity (Wildman–Crippen MR) is 91.8 cm³/mol. The maximum absolute atomic E-state index is 5.78. The smallest absolute Gasteiger partial charge is 0.225 e. The minimum absolute atomic E-state index is 0.0232. The Bertz CT molecular complexity index is 679. The zero-order valence-corrected chi connectivity index (χ0v) is 14.4. The second kappa shape index (κ2) is 7.02. The number of anilines is 2. The van der Waals surface area contributed by atoms with E-state index in [4.69, 9.17) is 10.5 Å². The average Bonchev–Trinajstić information content (AvgIpc) is 3.17. The van der Waals surface area contributed by atoms with Crippen molar-refractivity contribution in [2.45, 2.75) is 64.6 Å². The van der Waals surface area contributed by atoms with E-state index in [0.29, 0.717) is 17.7 Å². The Morgan fingerprint density at radius 1 is 1.25 bits per heavy atom. The monoisotopic (exact) mass is 331 g/mol. The number of nitrogens with zero attached hydrogens (tertiary/aromatic N) is 5. The van der Waals surface area contributed by atoms with Gasteiger partial charge in [-0.3, -0.25) is 0 Å². The Hall–Kier alpha value is -2.38. The van der Waals surface area contributed by atoms with E-state index >= 15 is 0 Å². The molecule has 1 saturated carbocycles. The molecule has 2 aromatic rings. The van der Waals surface area contributed by atoms with Crippen molar-refractivity contribution >= 4 is 11.8 Å². The van der Waals surface area contributed by atoms with Crippen LogP contribution in [0.2, 0.25) is 0 Å². The normalized spacial score (nSPS) is 16.5. The van der Waals surface area contributed by atoms with Crippen molar-refractivity contribution in [1.29, 1.82) is 0 Å². The number of hydrogen-bond acceptors (Lipinski definition) is 7. The van der Waals surface area contributed by atoms with Crippen molar-refractivity contribution in [3.05, 3.63) is 18.2 Å². The molecule has 2 heterocycles. The van der Waals surface area contributed by atoms with Crippen LogP contribution in [0.25, 0.3) is 0 Å². The lowest BCUT2D eigenvalue weighted by molar-refractivity contribution is 0.233. The summed E-state index contributed by atoms with van der Waals surface area (Å²) < 4.78 is 7.79. The highest BCUT2D eigenvalue weighted by atomic mass is 16.5. The lowest BCUT2D eigenvalue weighted by atomic mass is 10.2. The molecule has 3 rings (SSSR count). The molecule has 1 aliphatic rings. The van der Waals surface area contributed by atoms with Crippen LogP contribution in [-0.2, 0) is 0 Å². The van der Waals surface area contributed by atoms with Gasteiger partial charge in [0.25, 0.3) is 0 Å². The SMILES string of the molecule is CC(C)Oc1cc(N[C@H](C)c2nncn2C2CCCC2)nc(N)n1. The minimum Gasteiger partial charge on any atom is -0.475 e. The highest BCUT2D eigenvalue weighted by Gasteiger charge is 2.23. The summed E-state index contributed by atoms with van der Waals surface area (Å²) >= 11 is 0. The van der Waals surface area contributed by atoms with E-state index in [1.54, 1.807) is 6.07 Å². The molecule has 0 amide bonds. The third-order valence-electron chi connectivity index (χ3n) is 4.15. The van der Waals surface area contributed by atoms with Gasteiger partial charge in [-0.25, -0.2) is 0 Å². The van der Waals surface area contributed by atoms with Crippen LogP contribution in [0.1, 0.15) is 64.4 Å². The molecule has 130 valence electrons. The second-order valence-electron chi connectivity index (χ2n) is 6.52. The fourth-order valence-electron chi connectivity index (χ4n) is 3.13. The molecule has 0 radical (unpaired) electrons. The van der Waals surface area contributed by atoms with Crippen molar-refractivity contribution in [3.63, 3.8) is 0 Å². The minimum atomic E-state index is -0.0469. The first-order valence-electron chi connectivity index (χ1n) is 8.50. The molecule has 24 heavy (non-hydrogen) atoms. The van der Waals surface area contributed by atoms with Gasteiger partial charge in [-0.05, 0) is 33.6 Å². The molecule has 0 spiro atoms. The second-order valence-corrected chi connectivity index (χ2v) is 6.52. The van der Waals surface area contributed by atoms with Crippen LogP contribution in [0.15, 0.2) is 12.4 Å². The Labute approximate surface area is 141 Å². The maximum Gasteiger partial charge on any atom is 0.225 e. The molecule has 2 aromatic heterocycles. The molecule has 0 aromatic carbocycles. The summed E-state index contributed by atoms with van der Waals surface area (Å²) in [5.74, 6) is 2.17. The zero-order valence-electron chi connectivity index (χ0n) is 14.4. The Kier molecular flexibility index (Phi) is 4.82. The third kappa shape index (κ3) is 3.74. The van der Waals surface area contributed by atoms with Crippen LogP contribution >= 0.6 is 0 Å². The summed E-state index contributed by atoms with van der Waals surface area (Å²) in [6.07, 6.45) is 6.75. The molecule has 1 aliphatic carbocycles. The first kappa shape index (κ1) is 16.5. The van der Waals surface area contributed by atoms with Gasteiger partial charge in [-0.1, -0.05) is 12.8 Å². The van der Waals surface area contributed by atoms with Crippen molar-refractivity contribution in [2.75, 3.05) is 11.1 Å². The number of hydrogen-bond donors (Lipinski definition) is 2. The van der Waals surface area contributed by atoms with E-state index < -0.39 is 0 Å². The van der Waals surface area contributed by atoms with Gasteiger partial charge >= 0.3 is 0 Å². The van der Waals surface area contributed by atoms with Crippen LogP contribution in [0.4, 0.5) is 11.8 Å². The fraction of sp³-hybridized carbons (Fsp3) is 0.625. The number of nitrogens with two attached hydrogens (primary N) is 1. The van der Waals surface area contributed by atoms with E-state index in [1.807, 2.05) is 27.1 Å². The van der Waals surface area contributed by atoms with Crippen molar-refractivity contribution in [2.24, 2.45) is 0 Å². The van der Waals surface area contributed by atoms with Crippen LogP contribution in [0.5, 0.6) is 5.88 Å². The summed E-state index contributed by atoms with van der Waals surface area (Å²) in [5, 5.41) is 11.7. The number of aromatic nitrogens is 5. The summed E-state index contributed by atoms with van der Waals surface area (Å²) in [6, 6.07) is 2.20. The van der Waals surface area contributed by atoms with E-state index in [-0.39, 0.29) is 18.1 Å². The number of nitrogens with one attached hydrogen (secondary N) is 1. The molecule has 0 saturated heterocycles. The standard InChI is InChI=1S/C16H25N7O/c1-10(2)24-14-8-13(20-16(17)21-14)19-11(3)15-22-18-9-23(15)12-6-4-5-7-12/h8-12H,4-7H2,1-3H3,(H3,17,19,20,21)/t11-/m1/s1. The summed E-state index contributed by atoms with van der Waals surface area (Å²) in [4.78, 5) is 8.33. The molecule has 1 atom stereocenters. The third-order valence-corrected chi connectivity index (χ3v) is 4.15. The van der Waals surface area contributed by atoms with Gasteiger partial charge in [0.2, 0.25) is 11.8 Å². The van der Waals surface area contributed by atoms with Gasteiger partial charge in [-0.15, -0.1) is 10.2 Å². The van der Waals surface area contributed by atoms with Crippen molar-refractivity contribution < 1.29 is 4.74 Å². The Morgan fingerprint density at radius 2 is 2.00 bits per heavy atom. The van der Waals surface area contributed by atoms with Gasteiger partial charge in [0, 0.05) is 12.1 Å². The Balaban J connectivity index is 1.76. The molecule has 8 nitrogen and oxygen atoms in total. The van der Waals surface area contributed by atoms with Crippen molar-refractivity contribution in [3.8, 4) is 5.88 Å². The van der Waals surface area contributed by atoms with Gasteiger partial charge < -0.3 is 20.4 Å². The van der Waals surface area contributed by atoms with E-state index in [1.165, 1.54) is 25.7 Å². The predicted octanol–water partition coefficient (Wildman–Crippen LogP) is 2.73. The largest absolute Gasteiger partial charge is 0.475 e. The van der Waals surface area contributed by atoms with Crippen LogP contribution in [-0.4, -0.2) is 30.8 Å². The number of rotatable bonds is 6. The van der Waals surface area contributed by atoms with E-state index in [9.17, 15) is 0 Å². The molecule has 8 heteroatoms. The molecular weight excluding hydrogens is 306 g/mol. The topological polar surface area (TPSA) is 104 Å². The summed E-state index contributed by atoms with van der Waals surface area (Å²) in [5.41, 5.74) is 5.78. The summed E-state index contributed by atoms with van der Waals surface area (Å²) in [6.45, 7) is 5.92. The Morgan fingerprint density at radius 3 is 2.71 bits per heavy atom. The van der Waals surface area contributed by atoms with Crippen LogP contribution in [0.3, 0.4) is 0 Å². The molecular formula is C16H25N7O. The van der Waals surface area contributed by atoms with Crippen LogP contribution in [0, 0.1) is 0 Å². The molecule has 3 N–H and O–H groups in total. The van der Waals surface area contributed by atoms with Gasteiger partial charge in [0.1, 0.15) is 12.1 Å². The fourth-order valence-corrected chi connectivity index (χ4v) is 3.13. The van der Waals surface area contributed by atoms with Gasteiger partial charge in [0.05, 0.1) is 12.1 Å². The molecule has 1 fully saturated rings. The highest BCUT2D eigenvalue weighted by molar-refractivity contribution is 5.44. The molecule has 0 aliphatic heterocycles. The zero-order chi connectivity index (χ0) is 17.1. The van der Waals surface area contributed by atoms with Crippen molar-refractivity contribution in [1.82, 2.24) is 24.7 Å². The maximum atomic E-state index is 5.78. The van der Waals surface area contributed by atoms with E-state index in [2.05, 4.69) is 30.0 Å². The average molecular weight is 331 g/mol. The van der Waals surface area contributed by atoms with Crippen LogP contribution < -0.4 is 15.8 Å². The first-order valence-corrected chi connectivity index (χ1v) is 8.50. The highest BCUT2D eigenvalue weighted by Crippen LogP contribution is 2.31. The number of nitrogen functional groups attached to an aromatic ring is 1. The summed E-state index contributed by atoms with van der Waals surface area (Å²) in [7, 11) is 0. The first-order chi connectivity index (χ1) is 11.5. The molecule has 0 unspecified atom stereocenters. The number of ether oxygens (including phenoxy) is 1.